The first-order valence-corrected chi connectivity index (χ1v) is 5.45. The van der Waals surface area contributed by atoms with E-state index in [-0.39, 0.29) is 0 Å². The van der Waals surface area contributed by atoms with Crippen LogP contribution in [0, 0.1) is 11.6 Å². The highest BCUT2D eigenvalue weighted by molar-refractivity contribution is 5.92. The number of aromatic nitrogens is 4. The Hall–Kier alpha value is -2.38. The molecule has 2 aromatic heterocycles. The Morgan fingerprint density at radius 2 is 2.16 bits per heavy atom. The quantitative estimate of drug-likeness (QED) is 0.899. The molecule has 0 aromatic carbocycles. The first-order valence-electron chi connectivity index (χ1n) is 5.45. The minimum atomic E-state index is -1.01. The maximum atomic E-state index is 13.4. The summed E-state index contributed by atoms with van der Waals surface area (Å²) in [6.45, 7) is 1.67. The van der Waals surface area contributed by atoms with Gasteiger partial charge in [0.2, 0.25) is 0 Å². The summed E-state index contributed by atoms with van der Waals surface area (Å²) < 4.78 is 27.6. The summed E-state index contributed by atoms with van der Waals surface area (Å²) in [4.78, 5) is 19.2. The molecule has 100 valence electrons. The summed E-state index contributed by atoms with van der Waals surface area (Å²) in [6.07, 6.45) is 2.12. The summed E-state index contributed by atoms with van der Waals surface area (Å²) in [7, 11) is 1.67. The molecule has 1 N–H and O–H groups in total. The largest absolute Gasteiger partial charge is 0.341 e. The van der Waals surface area contributed by atoms with Crippen LogP contribution in [0.3, 0.4) is 0 Å². The van der Waals surface area contributed by atoms with Gasteiger partial charge in [-0.15, -0.1) is 0 Å². The molecular formula is C11H11F2N5O. The Labute approximate surface area is 107 Å². The average molecular weight is 267 g/mol. The van der Waals surface area contributed by atoms with E-state index in [1.807, 2.05) is 0 Å². The molecule has 1 atom stereocenters. The van der Waals surface area contributed by atoms with Gasteiger partial charge in [0.1, 0.15) is 18.0 Å². The SMILES string of the molecule is C[C@@H](NC(=O)c1ncc(F)cc1F)c1ncnn1C. The average Bonchev–Trinajstić information content (AvgIpc) is 2.75. The van der Waals surface area contributed by atoms with E-state index in [4.69, 9.17) is 0 Å². The normalized spacial score (nSPS) is 12.2. The molecule has 1 amide bonds. The first-order chi connectivity index (χ1) is 8.99. The van der Waals surface area contributed by atoms with Gasteiger partial charge in [0, 0.05) is 13.1 Å². The molecule has 0 spiro atoms. The van der Waals surface area contributed by atoms with E-state index < -0.39 is 29.3 Å². The number of nitrogens with one attached hydrogen (secondary N) is 1. The molecule has 6 nitrogen and oxygen atoms in total. The second kappa shape index (κ2) is 5.09. The predicted molar refractivity (Wildman–Crippen MR) is 61.0 cm³/mol. The summed E-state index contributed by atoms with van der Waals surface area (Å²) in [6, 6.07) is 0.126. The van der Waals surface area contributed by atoms with Crippen LogP contribution in [-0.4, -0.2) is 25.7 Å². The van der Waals surface area contributed by atoms with E-state index in [0.29, 0.717) is 11.9 Å². The highest BCUT2D eigenvalue weighted by Crippen LogP contribution is 2.10. The van der Waals surface area contributed by atoms with Crippen LogP contribution >= 0.6 is 0 Å². The van der Waals surface area contributed by atoms with Gasteiger partial charge in [0.05, 0.1) is 12.2 Å². The van der Waals surface area contributed by atoms with Crippen molar-refractivity contribution in [3.8, 4) is 0 Å². The maximum Gasteiger partial charge on any atom is 0.273 e. The van der Waals surface area contributed by atoms with Crippen LogP contribution in [-0.2, 0) is 7.05 Å². The summed E-state index contributed by atoms with van der Waals surface area (Å²) >= 11 is 0. The number of carbonyl (C=O) groups is 1. The number of carbonyl (C=O) groups excluding carboxylic acids is 1. The van der Waals surface area contributed by atoms with Gasteiger partial charge in [-0.2, -0.15) is 5.10 Å². The van der Waals surface area contributed by atoms with Gasteiger partial charge in [-0.1, -0.05) is 0 Å². The second-order valence-corrected chi connectivity index (χ2v) is 3.92. The van der Waals surface area contributed by atoms with Crippen LogP contribution in [0.4, 0.5) is 8.78 Å². The standard InChI is InChI=1S/C11H11F2N5O/c1-6(10-15-5-16-18(10)2)17-11(19)9-8(13)3-7(12)4-14-9/h3-6H,1-2H3,(H,17,19)/t6-/m1/s1. The van der Waals surface area contributed by atoms with Crippen LogP contribution in [0.15, 0.2) is 18.6 Å². The smallest absolute Gasteiger partial charge is 0.273 e. The monoisotopic (exact) mass is 267 g/mol. The van der Waals surface area contributed by atoms with Crippen LogP contribution in [0.25, 0.3) is 0 Å². The molecule has 2 aromatic rings. The van der Waals surface area contributed by atoms with Crippen LogP contribution in [0.1, 0.15) is 29.3 Å². The van der Waals surface area contributed by atoms with E-state index in [2.05, 4.69) is 20.4 Å². The van der Waals surface area contributed by atoms with Crippen LogP contribution < -0.4 is 5.32 Å². The molecule has 0 bridgehead atoms. The Morgan fingerprint density at radius 1 is 1.42 bits per heavy atom. The van der Waals surface area contributed by atoms with E-state index in [9.17, 15) is 13.6 Å². The van der Waals surface area contributed by atoms with Gasteiger partial charge in [-0.25, -0.2) is 18.7 Å². The van der Waals surface area contributed by atoms with Gasteiger partial charge < -0.3 is 5.32 Å². The Morgan fingerprint density at radius 3 is 2.74 bits per heavy atom. The molecule has 0 saturated heterocycles. The van der Waals surface area contributed by atoms with E-state index >= 15 is 0 Å². The zero-order valence-corrected chi connectivity index (χ0v) is 10.3. The zero-order chi connectivity index (χ0) is 14.0. The van der Waals surface area contributed by atoms with Crippen molar-refractivity contribution in [2.24, 2.45) is 7.05 Å². The Bertz CT molecular complexity index is 613. The van der Waals surface area contributed by atoms with Crippen molar-refractivity contribution >= 4 is 5.91 Å². The lowest BCUT2D eigenvalue weighted by atomic mass is 10.2. The fourth-order valence-corrected chi connectivity index (χ4v) is 1.61. The third kappa shape index (κ3) is 2.72. The van der Waals surface area contributed by atoms with Gasteiger partial charge in [-0.3, -0.25) is 9.48 Å². The van der Waals surface area contributed by atoms with Crippen molar-refractivity contribution in [2.45, 2.75) is 13.0 Å². The molecule has 0 fully saturated rings. The molecule has 2 heterocycles. The lowest BCUT2D eigenvalue weighted by molar-refractivity contribution is 0.0928. The van der Waals surface area contributed by atoms with Crippen molar-refractivity contribution in [1.82, 2.24) is 25.1 Å². The maximum absolute atomic E-state index is 13.4. The molecular weight excluding hydrogens is 256 g/mol. The molecule has 0 aliphatic carbocycles. The van der Waals surface area contributed by atoms with E-state index in [1.54, 1.807) is 14.0 Å². The molecule has 8 heteroatoms. The summed E-state index contributed by atoms with van der Waals surface area (Å²) in [5, 5.41) is 6.37. The molecule has 0 aliphatic rings. The van der Waals surface area contributed by atoms with E-state index in [1.165, 1.54) is 11.0 Å². The van der Waals surface area contributed by atoms with Crippen molar-refractivity contribution in [3.63, 3.8) is 0 Å². The molecule has 0 radical (unpaired) electrons. The van der Waals surface area contributed by atoms with Crippen molar-refractivity contribution in [3.05, 3.63) is 41.7 Å². The van der Waals surface area contributed by atoms with Gasteiger partial charge in [0.15, 0.2) is 11.5 Å². The third-order valence-corrected chi connectivity index (χ3v) is 2.50. The Balaban J connectivity index is 2.15. The van der Waals surface area contributed by atoms with Gasteiger partial charge in [-0.05, 0) is 6.92 Å². The second-order valence-electron chi connectivity index (χ2n) is 3.92. The Kier molecular flexibility index (Phi) is 3.50. The highest BCUT2D eigenvalue weighted by Gasteiger charge is 2.19. The highest BCUT2D eigenvalue weighted by atomic mass is 19.1. The van der Waals surface area contributed by atoms with Gasteiger partial charge >= 0.3 is 0 Å². The number of rotatable bonds is 3. The van der Waals surface area contributed by atoms with Crippen molar-refractivity contribution in [1.29, 1.82) is 0 Å². The summed E-state index contributed by atoms with van der Waals surface area (Å²) in [5.74, 6) is -2.08. The molecule has 2 rings (SSSR count). The molecule has 0 aliphatic heterocycles. The molecule has 0 saturated carbocycles. The molecule has 19 heavy (non-hydrogen) atoms. The van der Waals surface area contributed by atoms with Gasteiger partial charge in [0.25, 0.3) is 5.91 Å². The van der Waals surface area contributed by atoms with Crippen molar-refractivity contribution < 1.29 is 13.6 Å². The topological polar surface area (TPSA) is 72.7 Å². The van der Waals surface area contributed by atoms with Crippen molar-refractivity contribution in [2.75, 3.05) is 0 Å². The zero-order valence-electron chi connectivity index (χ0n) is 10.3. The fraction of sp³-hybridized carbons (Fsp3) is 0.273. The number of halogens is 2. The number of nitrogens with zero attached hydrogens (tertiary/aromatic N) is 4. The number of amides is 1. The lowest BCUT2D eigenvalue weighted by Gasteiger charge is -2.12. The fourth-order valence-electron chi connectivity index (χ4n) is 1.61. The lowest BCUT2D eigenvalue weighted by Crippen LogP contribution is -2.30. The third-order valence-electron chi connectivity index (χ3n) is 2.50. The van der Waals surface area contributed by atoms with Crippen LogP contribution in [0.2, 0.25) is 0 Å². The number of aryl methyl sites for hydroxylation is 1. The number of pyridine rings is 1. The summed E-state index contributed by atoms with van der Waals surface area (Å²) in [5.41, 5.74) is -0.463. The minimum absolute atomic E-state index is 0.463. The molecule has 0 unspecified atom stereocenters. The number of hydrogen-bond donors (Lipinski definition) is 1. The minimum Gasteiger partial charge on any atom is -0.341 e. The predicted octanol–water partition coefficient (Wildman–Crippen LogP) is 0.979. The van der Waals surface area contributed by atoms with Crippen LogP contribution in [0.5, 0.6) is 0 Å². The first kappa shape index (κ1) is 13.1. The van der Waals surface area contributed by atoms with E-state index in [0.717, 1.165) is 6.20 Å². The number of hydrogen-bond acceptors (Lipinski definition) is 4.